The minimum Gasteiger partial charge on any atom is -0.508 e. The number of carbonyl (C=O) groups excluding carboxylic acids is 7. The molecule has 17 nitrogen and oxygen atoms in total. The van der Waals surface area contributed by atoms with Crippen molar-refractivity contribution in [1.29, 1.82) is 0 Å². The second kappa shape index (κ2) is 26.8. The number of hydrogen-bond acceptors (Lipinski definition) is 10. The first-order valence-corrected chi connectivity index (χ1v) is 26.5. The van der Waals surface area contributed by atoms with E-state index in [2.05, 4.69) is 31.6 Å². The van der Waals surface area contributed by atoms with Crippen LogP contribution in [0.15, 0.2) is 146 Å². The summed E-state index contributed by atoms with van der Waals surface area (Å²) in [5, 5.41) is 24.9. The summed E-state index contributed by atoms with van der Waals surface area (Å²) in [6, 6.07) is 33.0. The molecule has 0 spiro atoms. The average Bonchev–Trinajstić information content (AvgIpc) is 4.08. The zero-order valence-electron chi connectivity index (χ0n) is 41.8. The Kier molecular flexibility index (Phi) is 19.6. The second-order valence-corrected chi connectivity index (χ2v) is 19.8. The number of H-pyrrole nitrogens is 1. The monoisotopic (exact) mass is 1040 g/mol. The molecule has 0 saturated carbocycles. The van der Waals surface area contributed by atoms with Crippen LogP contribution >= 0.6 is 11.8 Å². The summed E-state index contributed by atoms with van der Waals surface area (Å²) in [7, 11) is 0. The molecule has 1 aliphatic rings. The van der Waals surface area contributed by atoms with Crippen LogP contribution in [0.3, 0.4) is 0 Å². The summed E-state index contributed by atoms with van der Waals surface area (Å²) in [5.74, 6) is -3.84. The molecule has 1 saturated heterocycles. The molecule has 7 rings (SSSR count). The fourth-order valence-electron chi connectivity index (χ4n) is 9.27. The first kappa shape index (κ1) is 54.8. The number of aromatic nitrogens is 1. The number of phenols is 1. The molecule has 1 aliphatic heterocycles. The molecule has 1 fully saturated rings. The normalized spacial score (nSPS) is 15.6. The molecular formula is C57H65N9O8S. The van der Waals surface area contributed by atoms with Gasteiger partial charge in [-0.25, -0.2) is 0 Å². The number of phenolic OH excluding ortho intramolecular Hbond substituents is 1. The number of rotatable bonds is 25. The van der Waals surface area contributed by atoms with E-state index < -0.39 is 83.6 Å². The van der Waals surface area contributed by atoms with Gasteiger partial charge in [0.1, 0.15) is 42.0 Å². The molecule has 7 amide bonds. The Morgan fingerprint density at radius 1 is 0.600 bits per heavy atom. The van der Waals surface area contributed by atoms with Gasteiger partial charge in [-0.2, -0.15) is 11.8 Å². The predicted molar refractivity (Wildman–Crippen MR) is 289 cm³/mol. The van der Waals surface area contributed by atoms with Gasteiger partial charge in [0, 0.05) is 49.3 Å². The number of nitrogens with zero attached hydrogens (tertiary/aromatic N) is 1. The number of fused-ring (bicyclic) bond motifs is 1. The lowest BCUT2D eigenvalue weighted by Crippen LogP contribution is -2.61. The quantitative estimate of drug-likeness (QED) is 0.0404. The van der Waals surface area contributed by atoms with Gasteiger partial charge in [0.05, 0.1) is 6.04 Å². The lowest BCUT2D eigenvalue weighted by molar-refractivity contribution is -0.140. The molecule has 1 aromatic heterocycles. The Balaban J connectivity index is 1.14. The van der Waals surface area contributed by atoms with E-state index in [1.807, 2.05) is 60.9 Å². The molecular weight excluding hydrogens is 971 g/mol. The van der Waals surface area contributed by atoms with Crippen LogP contribution in [0.2, 0.25) is 0 Å². The highest BCUT2D eigenvalue weighted by Gasteiger charge is 2.39. The lowest BCUT2D eigenvalue weighted by Gasteiger charge is -2.29. The van der Waals surface area contributed by atoms with Gasteiger partial charge in [-0.3, -0.25) is 33.6 Å². The maximum Gasteiger partial charge on any atom is 0.243 e. The Hall–Kier alpha value is -7.96. The van der Waals surface area contributed by atoms with Gasteiger partial charge in [-0.05, 0) is 83.7 Å². The van der Waals surface area contributed by atoms with Crippen LogP contribution in [0, 0.1) is 0 Å². The van der Waals surface area contributed by atoms with E-state index >= 15 is 0 Å². The predicted octanol–water partition coefficient (Wildman–Crippen LogP) is 3.37. The van der Waals surface area contributed by atoms with Crippen LogP contribution in [0.1, 0.15) is 47.1 Å². The van der Waals surface area contributed by atoms with Crippen molar-refractivity contribution in [3.05, 3.63) is 174 Å². The van der Waals surface area contributed by atoms with Crippen LogP contribution in [0.25, 0.3) is 10.9 Å². The second-order valence-electron chi connectivity index (χ2n) is 18.8. The number of carbonyl (C=O) groups is 7. The van der Waals surface area contributed by atoms with Gasteiger partial charge >= 0.3 is 0 Å². The first-order valence-electron chi connectivity index (χ1n) is 25.1. The van der Waals surface area contributed by atoms with E-state index in [0.717, 1.165) is 27.6 Å². The first-order chi connectivity index (χ1) is 36.3. The maximum atomic E-state index is 14.9. The third-order valence-electron chi connectivity index (χ3n) is 13.3. The smallest absolute Gasteiger partial charge is 0.243 e. The number of aromatic hydroxyl groups is 1. The van der Waals surface area contributed by atoms with Gasteiger partial charge in [-0.15, -0.1) is 0 Å². The summed E-state index contributed by atoms with van der Waals surface area (Å²) >= 11 is 1.49. The van der Waals surface area contributed by atoms with Gasteiger partial charge in [0.2, 0.25) is 41.4 Å². The van der Waals surface area contributed by atoms with Crippen molar-refractivity contribution in [2.24, 2.45) is 11.5 Å². The third-order valence-corrected chi connectivity index (χ3v) is 13.9. The van der Waals surface area contributed by atoms with E-state index in [9.17, 15) is 38.7 Å². The van der Waals surface area contributed by atoms with Gasteiger partial charge < -0.3 is 53.0 Å². The highest BCUT2D eigenvalue weighted by molar-refractivity contribution is 7.98. The number of primary amides is 1. The molecule has 0 bridgehead atoms. The van der Waals surface area contributed by atoms with E-state index in [1.54, 1.807) is 79.0 Å². The molecule has 6 aromatic rings. The van der Waals surface area contributed by atoms with Gasteiger partial charge in [0.15, 0.2) is 0 Å². The van der Waals surface area contributed by atoms with Gasteiger partial charge in [-0.1, -0.05) is 121 Å². The van der Waals surface area contributed by atoms with Crippen LogP contribution in [0.4, 0.5) is 0 Å². The number of hydrogen-bond donors (Lipinski definition) is 9. The molecule has 0 radical (unpaired) electrons. The van der Waals surface area contributed by atoms with E-state index in [-0.39, 0.29) is 50.8 Å². The van der Waals surface area contributed by atoms with Crippen molar-refractivity contribution in [2.45, 2.75) is 93.7 Å². The van der Waals surface area contributed by atoms with Crippen molar-refractivity contribution in [3.63, 3.8) is 0 Å². The average molecular weight is 1040 g/mol. The Bertz CT molecular complexity index is 2890. The minimum absolute atomic E-state index is 0.00856. The van der Waals surface area contributed by atoms with E-state index in [1.165, 1.54) is 28.8 Å². The maximum absolute atomic E-state index is 14.9. The molecule has 5 aromatic carbocycles. The molecule has 0 aliphatic carbocycles. The summed E-state index contributed by atoms with van der Waals surface area (Å²) in [5.41, 5.74) is 16.5. The molecule has 392 valence electrons. The molecule has 7 atom stereocenters. The van der Waals surface area contributed by atoms with Crippen LogP contribution < -0.4 is 38.1 Å². The fourth-order valence-corrected chi connectivity index (χ4v) is 9.75. The number of para-hydroxylation sites is 1. The number of amides is 7. The van der Waals surface area contributed by atoms with E-state index in [4.69, 9.17) is 11.5 Å². The van der Waals surface area contributed by atoms with Crippen LogP contribution in [0.5, 0.6) is 5.75 Å². The molecule has 2 heterocycles. The van der Waals surface area contributed by atoms with Crippen molar-refractivity contribution in [2.75, 3.05) is 18.6 Å². The number of thioether (sulfide) groups is 1. The number of benzene rings is 5. The van der Waals surface area contributed by atoms with Crippen LogP contribution in [-0.4, -0.2) is 117 Å². The molecule has 75 heavy (non-hydrogen) atoms. The number of nitrogens with one attached hydrogen (secondary N) is 6. The summed E-state index contributed by atoms with van der Waals surface area (Å²) < 4.78 is 0. The Labute approximate surface area is 440 Å². The topological polar surface area (TPSA) is 271 Å². The highest BCUT2D eigenvalue weighted by Crippen LogP contribution is 2.22. The number of nitrogens with two attached hydrogens (primary N) is 2. The third kappa shape index (κ3) is 15.5. The molecule has 11 N–H and O–H groups in total. The minimum atomic E-state index is -1.29. The zero-order valence-corrected chi connectivity index (χ0v) is 42.6. The largest absolute Gasteiger partial charge is 0.508 e. The van der Waals surface area contributed by atoms with Crippen molar-refractivity contribution in [1.82, 2.24) is 36.5 Å². The molecule has 0 unspecified atom stereocenters. The van der Waals surface area contributed by atoms with Crippen molar-refractivity contribution >= 4 is 64.0 Å². The summed E-state index contributed by atoms with van der Waals surface area (Å²) in [4.78, 5) is 104. The van der Waals surface area contributed by atoms with Gasteiger partial charge in [0.25, 0.3) is 0 Å². The van der Waals surface area contributed by atoms with Crippen molar-refractivity contribution < 1.29 is 38.7 Å². The lowest BCUT2D eigenvalue weighted by atomic mass is 10.00. The Morgan fingerprint density at radius 3 is 1.56 bits per heavy atom. The zero-order chi connectivity index (χ0) is 53.3. The van der Waals surface area contributed by atoms with Crippen molar-refractivity contribution in [3.8, 4) is 5.75 Å². The van der Waals surface area contributed by atoms with Crippen LogP contribution in [-0.2, 0) is 65.7 Å². The molecule has 18 heteroatoms. The SMILES string of the molecule is CSCC[C@H](NC(=O)[C@@H](Cc1c[nH]c2ccccc12)NC(=O)[C@@H](Cc1ccccc1)NC(=O)[C@H](Cc1ccccc1)NC(=O)[C@@H](Cc1ccccc1)NC(=O)[C@@H]1CCCN1C(=O)[C@@H](N)Cc1ccc(O)cc1)C(N)=O. The summed E-state index contributed by atoms with van der Waals surface area (Å²) in [6.07, 6.45) is 4.97. The highest BCUT2D eigenvalue weighted by atomic mass is 32.2. The Morgan fingerprint density at radius 2 is 1.05 bits per heavy atom. The standard InChI is InChI=1S/C57H65N9O8S/c1-75-29-27-45(51(59)68)61-55(72)49(34-40-35-60-44-21-12-11-20-42(40)44)64-53(70)47(32-37-16-7-3-8-17-37)62-52(69)46(31-36-14-5-2-6-15-36)63-54(71)48(33-38-18-9-4-10-19-38)65-56(73)50-22-13-28-66(50)57(74)43(58)30-39-23-25-41(67)26-24-39/h2-12,14-21,23-26,35,43,45-50,60,67H,13,22,27-34,58H2,1H3,(H2,59,68)(H,61,72)(H,62,69)(H,63,71)(H,64,70)(H,65,73)/t43-,45-,46-,47+,48+,49+,50-/m0/s1. The van der Waals surface area contributed by atoms with E-state index in [0.29, 0.717) is 29.7 Å². The fraction of sp³-hybridized carbons (Fsp3) is 0.316. The summed E-state index contributed by atoms with van der Waals surface area (Å²) in [6.45, 7) is 0.285. The number of likely N-dealkylation sites (tertiary alicyclic amines) is 1. The number of aromatic amines is 1.